The van der Waals surface area contributed by atoms with Crippen LogP contribution in [-0.2, 0) is 16.2 Å². The lowest BCUT2D eigenvalue weighted by Gasteiger charge is -2.14. The highest BCUT2D eigenvalue weighted by atomic mass is 35.5. The van der Waals surface area contributed by atoms with E-state index < -0.39 is 29.6 Å². The molecular weight excluding hydrogens is 552 g/mol. The van der Waals surface area contributed by atoms with Gasteiger partial charge in [-0.05, 0) is 64.5 Å². The molecule has 0 aromatic heterocycles. The number of halogens is 1. The maximum Gasteiger partial charge on any atom is 0.335 e. The Hall–Kier alpha value is -4.60. The van der Waals surface area contributed by atoms with Crippen LogP contribution < -0.4 is 10.1 Å². The number of fused-ring (bicyclic) bond motifs is 1. The number of carboxylic acid groups (broad SMARTS) is 1. The van der Waals surface area contributed by atoms with Gasteiger partial charge in [0.1, 0.15) is 18.9 Å². The first-order valence-corrected chi connectivity index (χ1v) is 13.3. The third-order valence-electron chi connectivity index (χ3n) is 6.12. The van der Waals surface area contributed by atoms with Gasteiger partial charge in [0.25, 0.3) is 11.1 Å². The average molecular weight is 573 g/mol. The first-order valence-electron chi connectivity index (χ1n) is 12.1. The van der Waals surface area contributed by atoms with E-state index in [1.807, 2.05) is 30.3 Å². The van der Waals surface area contributed by atoms with Crippen molar-refractivity contribution in [3.8, 4) is 5.75 Å². The van der Waals surface area contributed by atoms with E-state index in [0.29, 0.717) is 22.0 Å². The fraction of sp³-hybridized carbons (Fsp3) is 0.0667. The van der Waals surface area contributed by atoms with Gasteiger partial charge in [-0.3, -0.25) is 19.3 Å². The van der Waals surface area contributed by atoms with Crippen LogP contribution in [0.5, 0.6) is 5.75 Å². The van der Waals surface area contributed by atoms with Crippen LogP contribution in [0.2, 0.25) is 5.02 Å². The molecule has 5 rings (SSSR count). The first kappa shape index (κ1) is 27.0. The number of amides is 3. The molecule has 4 aromatic rings. The topological polar surface area (TPSA) is 113 Å². The summed E-state index contributed by atoms with van der Waals surface area (Å²) in [5.74, 6) is -1.68. The lowest BCUT2D eigenvalue weighted by molar-refractivity contribution is -0.127. The van der Waals surface area contributed by atoms with Crippen molar-refractivity contribution in [2.75, 3.05) is 11.9 Å². The Morgan fingerprint density at radius 2 is 1.68 bits per heavy atom. The van der Waals surface area contributed by atoms with Gasteiger partial charge < -0.3 is 15.2 Å². The Morgan fingerprint density at radius 1 is 0.950 bits per heavy atom. The summed E-state index contributed by atoms with van der Waals surface area (Å²) in [7, 11) is 0. The van der Waals surface area contributed by atoms with E-state index in [4.69, 9.17) is 21.4 Å². The first-order chi connectivity index (χ1) is 19.3. The minimum Gasteiger partial charge on any atom is -0.488 e. The highest BCUT2D eigenvalue weighted by molar-refractivity contribution is 8.18. The van der Waals surface area contributed by atoms with Gasteiger partial charge in [-0.25, -0.2) is 4.79 Å². The number of hydrogen-bond donors (Lipinski definition) is 2. The predicted octanol–water partition coefficient (Wildman–Crippen LogP) is 6.45. The molecule has 0 bridgehead atoms. The van der Waals surface area contributed by atoms with Crippen LogP contribution >= 0.6 is 23.4 Å². The van der Waals surface area contributed by atoms with Crippen molar-refractivity contribution in [2.45, 2.75) is 6.61 Å². The van der Waals surface area contributed by atoms with Crippen LogP contribution in [0.25, 0.3) is 16.8 Å². The fourth-order valence-electron chi connectivity index (χ4n) is 4.12. The van der Waals surface area contributed by atoms with Crippen molar-refractivity contribution in [2.24, 2.45) is 0 Å². The number of thioether (sulfide) groups is 1. The molecule has 200 valence electrons. The smallest absolute Gasteiger partial charge is 0.335 e. The number of ether oxygens (including phenoxy) is 1. The molecular formula is C30H21ClN2O6S. The number of rotatable bonds is 8. The van der Waals surface area contributed by atoms with E-state index in [0.717, 1.165) is 33.0 Å². The quantitative estimate of drug-likeness (QED) is 0.233. The van der Waals surface area contributed by atoms with Crippen LogP contribution in [0.4, 0.5) is 10.5 Å². The van der Waals surface area contributed by atoms with E-state index in [2.05, 4.69) is 5.32 Å². The maximum absolute atomic E-state index is 13.2. The highest BCUT2D eigenvalue weighted by Gasteiger charge is 2.36. The van der Waals surface area contributed by atoms with Gasteiger partial charge in [0.15, 0.2) is 0 Å². The largest absolute Gasteiger partial charge is 0.488 e. The van der Waals surface area contributed by atoms with Gasteiger partial charge in [0.2, 0.25) is 5.91 Å². The summed E-state index contributed by atoms with van der Waals surface area (Å²) in [6.07, 6.45) is 1.60. The monoisotopic (exact) mass is 572 g/mol. The Labute approximate surface area is 238 Å². The van der Waals surface area contributed by atoms with Crippen molar-refractivity contribution in [3.63, 3.8) is 0 Å². The minimum absolute atomic E-state index is 0.155. The zero-order valence-electron chi connectivity index (χ0n) is 20.8. The molecule has 1 aliphatic rings. The molecule has 1 heterocycles. The Morgan fingerprint density at radius 3 is 2.42 bits per heavy atom. The second-order valence-electron chi connectivity index (χ2n) is 8.79. The van der Waals surface area contributed by atoms with Crippen molar-refractivity contribution >= 4 is 68.9 Å². The third kappa shape index (κ3) is 5.85. The van der Waals surface area contributed by atoms with Crippen LogP contribution in [0.15, 0.2) is 89.8 Å². The van der Waals surface area contributed by atoms with E-state index in [9.17, 15) is 19.2 Å². The second-order valence-corrected chi connectivity index (χ2v) is 10.2. The normalized spacial score (nSPS) is 14.1. The molecule has 8 nitrogen and oxygen atoms in total. The molecule has 4 aromatic carbocycles. The van der Waals surface area contributed by atoms with Crippen molar-refractivity contribution in [1.82, 2.24) is 4.90 Å². The number of carbonyl (C=O) groups excluding carboxylic acids is 3. The number of nitrogens with zero attached hydrogens (tertiary/aromatic N) is 1. The van der Waals surface area contributed by atoms with Gasteiger partial charge in [-0.2, -0.15) is 0 Å². The van der Waals surface area contributed by atoms with Crippen LogP contribution in [-0.4, -0.2) is 39.6 Å². The molecule has 0 aliphatic carbocycles. The zero-order chi connectivity index (χ0) is 28.2. The number of anilines is 1. The summed E-state index contributed by atoms with van der Waals surface area (Å²) in [5, 5.41) is 13.2. The number of benzene rings is 4. The van der Waals surface area contributed by atoms with Gasteiger partial charge in [0.05, 0.1) is 21.2 Å². The number of imide groups is 1. The summed E-state index contributed by atoms with van der Waals surface area (Å²) in [6.45, 7) is -0.304. The summed E-state index contributed by atoms with van der Waals surface area (Å²) in [4.78, 5) is 50.7. The molecule has 0 unspecified atom stereocenters. The molecule has 0 radical (unpaired) electrons. The molecule has 10 heteroatoms. The number of hydrogen-bond acceptors (Lipinski definition) is 6. The molecule has 0 spiro atoms. The van der Waals surface area contributed by atoms with Gasteiger partial charge >= 0.3 is 5.97 Å². The summed E-state index contributed by atoms with van der Waals surface area (Å²) in [5.41, 5.74) is 1.92. The van der Waals surface area contributed by atoms with E-state index in [-0.39, 0.29) is 17.1 Å². The summed E-state index contributed by atoms with van der Waals surface area (Å²) in [6, 6.07) is 24.2. The lowest BCUT2D eigenvalue weighted by atomic mass is 10.0. The standard InChI is InChI=1S/C30H21ClN2O6S/c31-23-7-3-4-8-24(23)32-27(34)16-33-28(35)26(40-30(33)38)15-22-21-6-2-1-5-19(21)13-14-25(22)39-17-18-9-11-20(12-10-18)29(36)37/h1-15H,16-17H2,(H,32,34)(H,36,37)/b26-15+. The average Bonchev–Trinajstić information content (AvgIpc) is 3.21. The van der Waals surface area contributed by atoms with Crippen molar-refractivity contribution in [3.05, 3.63) is 112 Å². The predicted molar refractivity (Wildman–Crippen MR) is 154 cm³/mol. The SMILES string of the molecule is O=C(CN1C(=O)S/C(=C/c2c(OCc3ccc(C(=O)O)cc3)ccc3ccccc23)C1=O)Nc1ccccc1Cl. The lowest BCUT2D eigenvalue weighted by Crippen LogP contribution is -2.36. The van der Waals surface area contributed by atoms with Crippen molar-refractivity contribution in [1.29, 1.82) is 0 Å². The number of aromatic carboxylic acids is 1. The van der Waals surface area contributed by atoms with Crippen LogP contribution in [0.1, 0.15) is 21.5 Å². The van der Waals surface area contributed by atoms with Crippen LogP contribution in [0.3, 0.4) is 0 Å². The summed E-state index contributed by atoms with van der Waals surface area (Å²) < 4.78 is 6.09. The third-order valence-corrected chi connectivity index (χ3v) is 7.36. The van der Waals surface area contributed by atoms with Gasteiger partial charge in [0, 0.05) is 5.56 Å². The number of para-hydroxylation sites is 1. The van der Waals surface area contributed by atoms with E-state index in [1.54, 1.807) is 48.5 Å². The summed E-state index contributed by atoms with van der Waals surface area (Å²) >= 11 is 6.84. The number of nitrogens with one attached hydrogen (secondary N) is 1. The fourth-order valence-corrected chi connectivity index (χ4v) is 5.12. The molecule has 40 heavy (non-hydrogen) atoms. The van der Waals surface area contributed by atoms with Gasteiger partial charge in [-0.15, -0.1) is 0 Å². The Bertz CT molecular complexity index is 1690. The molecule has 0 saturated carbocycles. The van der Waals surface area contributed by atoms with E-state index >= 15 is 0 Å². The Balaban J connectivity index is 1.39. The number of carbonyl (C=O) groups is 4. The van der Waals surface area contributed by atoms with E-state index in [1.165, 1.54) is 12.1 Å². The molecule has 1 saturated heterocycles. The van der Waals surface area contributed by atoms with Gasteiger partial charge in [-0.1, -0.05) is 66.2 Å². The minimum atomic E-state index is -1.01. The molecule has 1 aliphatic heterocycles. The highest BCUT2D eigenvalue weighted by Crippen LogP contribution is 2.37. The molecule has 2 N–H and O–H groups in total. The Kier molecular flexibility index (Phi) is 7.86. The number of carboxylic acids is 1. The van der Waals surface area contributed by atoms with Crippen LogP contribution in [0, 0.1) is 0 Å². The molecule has 3 amide bonds. The maximum atomic E-state index is 13.2. The molecule has 1 fully saturated rings. The molecule has 0 atom stereocenters. The zero-order valence-corrected chi connectivity index (χ0v) is 22.4. The van der Waals surface area contributed by atoms with Crippen molar-refractivity contribution < 1.29 is 29.0 Å². The second kappa shape index (κ2) is 11.6.